The molecule has 4 rings (SSSR count). The van der Waals surface area contributed by atoms with E-state index < -0.39 is 11.7 Å². The minimum atomic E-state index is -0.561. The van der Waals surface area contributed by atoms with Crippen LogP contribution in [0.1, 0.15) is 58.8 Å². The second-order valence-electron chi connectivity index (χ2n) is 11.0. The Bertz CT molecular complexity index is 1470. The highest BCUT2D eigenvalue weighted by molar-refractivity contribution is 7.22. The summed E-state index contributed by atoms with van der Waals surface area (Å²) in [4.78, 5) is 37.6. The van der Waals surface area contributed by atoms with Crippen LogP contribution >= 0.6 is 11.3 Å². The van der Waals surface area contributed by atoms with Gasteiger partial charge in [0.25, 0.3) is 0 Å². The average Bonchev–Trinajstić information content (AvgIpc) is 3.48. The van der Waals surface area contributed by atoms with E-state index in [2.05, 4.69) is 36.1 Å². The van der Waals surface area contributed by atoms with E-state index in [9.17, 15) is 9.59 Å². The molecule has 0 aliphatic heterocycles. The zero-order valence-corrected chi connectivity index (χ0v) is 23.7. The van der Waals surface area contributed by atoms with Crippen LogP contribution in [0.3, 0.4) is 0 Å². The number of benzene rings is 1. The van der Waals surface area contributed by atoms with Crippen molar-refractivity contribution in [3.05, 3.63) is 53.9 Å². The van der Waals surface area contributed by atoms with Crippen LogP contribution in [0.5, 0.6) is 0 Å². The van der Waals surface area contributed by atoms with Gasteiger partial charge in [-0.25, -0.2) is 14.6 Å². The maximum absolute atomic E-state index is 12.4. The van der Waals surface area contributed by atoms with Crippen molar-refractivity contribution >= 4 is 38.8 Å². The van der Waals surface area contributed by atoms with Crippen molar-refractivity contribution < 1.29 is 18.8 Å². The molecule has 0 radical (unpaired) electrons. The fourth-order valence-corrected chi connectivity index (χ4v) is 4.38. The molecule has 0 unspecified atom stereocenters. The minimum absolute atomic E-state index is 0.221. The molecule has 1 aromatic carbocycles. The smallest absolute Gasteiger partial charge is 0.407 e. The van der Waals surface area contributed by atoms with E-state index in [1.807, 2.05) is 65.8 Å². The Hall–Kier alpha value is -4.06. The van der Waals surface area contributed by atoms with Crippen LogP contribution < -0.4 is 16.0 Å². The summed E-state index contributed by atoms with van der Waals surface area (Å²) in [5, 5.41) is 12.8. The van der Waals surface area contributed by atoms with Gasteiger partial charge in [0.1, 0.15) is 5.60 Å². The third kappa shape index (κ3) is 7.96. The van der Waals surface area contributed by atoms with Crippen molar-refractivity contribution in [3.8, 4) is 11.1 Å². The summed E-state index contributed by atoms with van der Waals surface area (Å²) in [6.45, 7) is 12.1. The summed E-state index contributed by atoms with van der Waals surface area (Å²) in [6, 6.07) is 7.46. The lowest BCUT2D eigenvalue weighted by molar-refractivity contribution is 0.0523. The SMILES string of the molecule is CC(C)(C)OC(=O)NCc1cncc(-c2ccc3nc(NC(=O)NCCc4noc(C(C)(C)C)n4)sc3c2)c1. The molecule has 3 aromatic heterocycles. The summed E-state index contributed by atoms with van der Waals surface area (Å²) in [7, 11) is 0. The highest BCUT2D eigenvalue weighted by Gasteiger charge is 2.21. The summed E-state index contributed by atoms with van der Waals surface area (Å²) < 4.78 is 11.5. The van der Waals surface area contributed by atoms with Gasteiger partial charge in [0.2, 0.25) is 5.89 Å². The van der Waals surface area contributed by atoms with Crippen LogP contribution in [0, 0.1) is 0 Å². The van der Waals surface area contributed by atoms with Crippen LogP contribution in [-0.2, 0) is 23.1 Å². The first-order valence-corrected chi connectivity index (χ1v) is 13.4. The van der Waals surface area contributed by atoms with E-state index in [1.165, 1.54) is 11.3 Å². The number of thiazole rings is 1. The van der Waals surface area contributed by atoms with Crippen molar-refractivity contribution in [1.82, 2.24) is 30.7 Å². The number of anilines is 1. The van der Waals surface area contributed by atoms with Gasteiger partial charge in [0, 0.05) is 42.9 Å². The van der Waals surface area contributed by atoms with Gasteiger partial charge >= 0.3 is 12.1 Å². The van der Waals surface area contributed by atoms with Gasteiger partial charge in [-0.15, -0.1) is 0 Å². The highest BCUT2D eigenvalue weighted by Crippen LogP contribution is 2.30. The maximum Gasteiger partial charge on any atom is 0.407 e. The fraction of sp³-hybridized carbons (Fsp3) is 0.407. The second kappa shape index (κ2) is 11.4. The summed E-state index contributed by atoms with van der Waals surface area (Å²) in [6.07, 6.45) is 3.44. The van der Waals surface area contributed by atoms with Gasteiger partial charge in [0.05, 0.1) is 10.2 Å². The molecule has 0 atom stereocenters. The van der Waals surface area contributed by atoms with Gasteiger partial charge < -0.3 is 19.9 Å². The number of carbonyl (C=O) groups excluding carboxylic acids is 2. The molecule has 0 saturated carbocycles. The third-order valence-corrected chi connectivity index (χ3v) is 6.25. The molecule has 39 heavy (non-hydrogen) atoms. The van der Waals surface area contributed by atoms with E-state index in [1.54, 1.807) is 12.4 Å². The quantitative estimate of drug-likeness (QED) is 0.276. The average molecular weight is 552 g/mol. The Balaban J connectivity index is 1.34. The first kappa shape index (κ1) is 28.0. The maximum atomic E-state index is 12.4. The number of hydrogen-bond acceptors (Lipinski definition) is 9. The lowest BCUT2D eigenvalue weighted by Gasteiger charge is -2.19. The van der Waals surface area contributed by atoms with Gasteiger partial charge in [-0.1, -0.05) is 43.3 Å². The molecule has 206 valence electrons. The lowest BCUT2D eigenvalue weighted by atomic mass is 9.97. The molecule has 12 heteroatoms. The number of ether oxygens (including phenoxy) is 1. The first-order valence-electron chi connectivity index (χ1n) is 12.6. The van der Waals surface area contributed by atoms with E-state index >= 15 is 0 Å². The van der Waals surface area contributed by atoms with E-state index in [4.69, 9.17) is 9.26 Å². The van der Waals surface area contributed by atoms with Gasteiger partial charge in [-0.3, -0.25) is 10.3 Å². The molecule has 3 heterocycles. The van der Waals surface area contributed by atoms with Gasteiger partial charge in [-0.05, 0) is 50.1 Å². The van der Waals surface area contributed by atoms with Crippen LogP contribution in [0.4, 0.5) is 14.7 Å². The number of rotatable bonds is 7. The summed E-state index contributed by atoms with van der Waals surface area (Å²) >= 11 is 1.38. The molecular formula is C27H33N7O4S. The van der Waals surface area contributed by atoms with Gasteiger partial charge in [0.15, 0.2) is 11.0 Å². The van der Waals surface area contributed by atoms with Gasteiger partial charge in [-0.2, -0.15) is 4.98 Å². The number of nitrogens with one attached hydrogen (secondary N) is 3. The summed E-state index contributed by atoms with van der Waals surface area (Å²) in [5.74, 6) is 1.11. The number of hydrogen-bond donors (Lipinski definition) is 3. The topological polar surface area (TPSA) is 144 Å². The number of aromatic nitrogens is 4. The Kier molecular flexibility index (Phi) is 8.14. The minimum Gasteiger partial charge on any atom is -0.444 e. The number of pyridine rings is 1. The monoisotopic (exact) mass is 551 g/mol. The number of fused-ring (bicyclic) bond motifs is 1. The number of amides is 3. The van der Waals surface area contributed by atoms with Crippen LogP contribution in [-0.4, -0.2) is 44.4 Å². The first-order chi connectivity index (χ1) is 18.4. The van der Waals surface area contributed by atoms with E-state index in [0.717, 1.165) is 26.9 Å². The molecule has 0 aliphatic rings. The third-order valence-electron chi connectivity index (χ3n) is 5.32. The summed E-state index contributed by atoms with van der Waals surface area (Å²) in [5.41, 5.74) is 2.68. The van der Waals surface area contributed by atoms with E-state index in [-0.39, 0.29) is 11.4 Å². The molecule has 0 aliphatic carbocycles. The molecule has 11 nitrogen and oxygen atoms in total. The Morgan fingerprint density at radius 2 is 1.79 bits per heavy atom. The van der Waals surface area contributed by atoms with Crippen LogP contribution in [0.25, 0.3) is 21.3 Å². The Morgan fingerprint density at radius 3 is 2.51 bits per heavy atom. The molecule has 3 N–H and O–H groups in total. The molecular weight excluding hydrogens is 518 g/mol. The number of urea groups is 1. The molecule has 4 aromatic rings. The molecule has 3 amide bonds. The highest BCUT2D eigenvalue weighted by atomic mass is 32.1. The van der Waals surface area contributed by atoms with Crippen molar-refractivity contribution in [3.63, 3.8) is 0 Å². The van der Waals surface area contributed by atoms with Crippen LogP contribution in [0.15, 0.2) is 41.2 Å². The van der Waals surface area contributed by atoms with Crippen molar-refractivity contribution in [2.75, 3.05) is 11.9 Å². The zero-order valence-electron chi connectivity index (χ0n) is 22.9. The fourth-order valence-electron chi connectivity index (χ4n) is 3.48. The molecule has 0 spiro atoms. The predicted molar refractivity (Wildman–Crippen MR) is 150 cm³/mol. The van der Waals surface area contributed by atoms with Crippen molar-refractivity contribution in [2.45, 2.75) is 65.5 Å². The molecule has 0 saturated heterocycles. The molecule has 0 bridgehead atoms. The number of alkyl carbamates (subject to hydrolysis) is 1. The van der Waals surface area contributed by atoms with Crippen molar-refractivity contribution in [2.24, 2.45) is 0 Å². The largest absolute Gasteiger partial charge is 0.444 e. The van der Waals surface area contributed by atoms with Crippen LogP contribution in [0.2, 0.25) is 0 Å². The van der Waals surface area contributed by atoms with Crippen molar-refractivity contribution in [1.29, 1.82) is 0 Å². The molecule has 0 fully saturated rings. The standard InChI is InChI=1S/C27H33N7O4S/c1-26(2,3)22-32-21(34-38-22)9-10-29-23(35)33-24-31-19-8-7-17(12-20(19)39-24)18-11-16(13-28-15-18)14-30-25(36)37-27(4,5)6/h7-8,11-13,15H,9-10,14H2,1-6H3,(H,30,36)(H2,29,31,33,35). The lowest BCUT2D eigenvalue weighted by Crippen LogP contribution is -2.32. The Morgan fingerprint density at radius 1 is 1.00 bits per heavy atom. The number of carbonyl (C=O) groups is 2. The van der Waals surface area contributed by atoms with E-state index in [0.29, 0.717) is 36.4 Å². The second-order valence-corrected chi connectivity index (χ2v) is 12.1. The number of nitrogens with zero attached hydrogens (tertiary/aromatic N) is 4. The normalized spacial score (nSPS) is 11.8. The predicted octanol–water partition coefficient (Wildman–Crippen LogP) is 5.43. The zero-order chi connectivity index (χ0) is 28.2. The Labute approximate surface area is 230 Å².